The third-order valence-electron chi connectivity index (χ3n) is 2.53. The average molecular weight is 317 g/mol. The summed E-state index contributed by atoms with van der Waals surface area (Å²) in [5, 5.41) is 3.41. The van der Waals surface area contributed by atoms with Gasteiger partial charge in [0.25, 0.3) is 0 Å². The minimum atomic E-state index is 0.495. The van der Waals surface area contributed by atoms with E-state index < -0.39 is 0 Å². The fourth-order valence-corrected chi connectivity index (χ4v) is 4.04. The lowest BCUT2D eigenvalue weighted by atomic mass is 9.94. The Morgan fingerprint density at radius 2 is 2.57 bits per heavy atom. The second kappa shape index (κ2) is 4.65. The number of fused-ring (bicyclic) bond motifs is 1. The zero-order chi connectivity index (χ0) is 9.97. The van der Waals surface area contributed by atoms with Crippen molar-refractivity contribution in [3.63, 3.8) is 0 Å². The predicted octanol–water partition coefficient (Wildman–Crippen LogP) is 2.95. The minimum Gasteiger partial charge on any atom is -0.299 e. The zero-order valence-electron chi connectivity index (χ0n) is 7.85. The van der Waals surface area contributed by atoms with E-state index in [9.17, 15) is 0 Å². The van der Waals surface area contributed by atoms with E-state index in [1.807, 2.05) is 11.3 Å². The van der Waals surface area contributed by atoms with E-state index in [1.54, 1.807) is 4.88 Å². The van der Waals surface area contributed by atoms with Crippen molar-refractivity contribution in [2.45, 2.75) is 25.3 Å². The molecule has 1 heterocycles. The number of hydrogen-bond acceptors (Lipinski definition) is 2. The van der Waals surface area contributed by atoms with Gasteiger partial charge in [0, 0.05) is 10.9 Å². The van der Waals surface area contributed by atoms with Crippen LogP contribution in [-0.2, 0) is 6.42 Å². The lowest BCUT2D eigenvalue weighted by molar-refractivity contribution is 0.488. The standard InChI is InChI=1S/C11H12INS/c1-2-6-13-9-4-3-5-10-8(9)7-11(12)14-10/h1,7,9,13H,3-6H2. The molecule has 0 bridgehead atoms. The summed E-state index contributed by atoms with van der Waals surface area (Å²) in [6, 6.07) is 2.79. The summed E-state index contributed by atoms with van der Waals surface area (Å²) in [5.74, 6) is 2.64. The van der Waals surface area contributed by atoms with E-state index in [0.29, 0.717) is 12.6 Å². The van der Waals surface area contributed by atoms with Gasteiger partial charge in [0.15, 0.2) is 0 Å². The smallest absolute Gasteiger partial charge is 0.0659 e. The highest BCUT2D eigenvalue weighted by molar-refractivity contribution is 14.1. The molecule has 1 aromatic heterocycles. The second-order valence-electron chi connectivity index (χ2n) is 3.46. The van der Waals surface area contributed by atoms with Crippen molar-refractivity contribution in [2.75, 3.05) is 6.54 Å². The molecule has 1 unspecified atom stereocenters. The molecule has 1 N–H and O–H groups in total. The quantitative estimate of drug-likeness (QED) is 0.653. The van der Waals surface area contributed by atoms with E-state index in [4.69, 9.17) is 6.42 Å². The average Bonchev–Trinajstić information content (AvgIpc) is 2.55. The van der Waals surface area contributed by atoms with Gasteiger partial charge in [-0.15, -0.1) is 17.8 Å². The lowest BCUT2D eigenvalue weighted by Crippen LogP contribution is -2.24. The molecule has 74 valence electrons. The molecular weight excluding hydrogens is 305 g/mol. The van der Waals surface area contributed by atoms with E-state index in [2.05, 4.69) is 39.9 Å². The first-order valence-electron chi connectivity index (χ1n) is 4.76. The van der Waals surface area contributed by atoms with E-state index in [0.717, 1.165) is 0 Å². The fraction of sp³-hybridized carbons (Fsp3) is 0.455. The summed E-state index contributed by atoms with van der Waals surface area (Å²) >= 11 is 4.32. The van der Waals surface area contributed by atoms with Gasteiger partial charge in [-0.3, -0.25) is 5.32 Å². The Balaban J connectivity index is 2.18. The van der Waals surface area contributed by atoms with Crippen LogP contribution in [0.4, 0.5) is 0 Å². The first-order chi connectivity index (χ1) is 6.81. The monoisotopic (exact) mass is 317 g/mol. The first-order valence-corrected chi connectivity index (χ1v) is 6.65. The molecule has 14 heavy (non-hydrogen) atoms. The van der Waals surface area contributed by atoms with Crippen LogP contribution in [0.1, 0.15) is 29.3 Å². The largest absolute Gasteiger partial charge is 0.299 e. The van der Waals surface area contributed by atoms with Crippen LogP contribution in [0.3, 0.4) is 0 Å². The van der Waals surface area contributed by atoms with Crippen molar-refractivity contribution in [1.29, 1.82) is 0 Å². The Hall–Kier alpha value is -0.0500. The van der Waals surface area contributed by atoms with Crippen LogP contribution < -0.4 is 5.32 Å². The summed E-state index contributed by atoms with van der Waals surface area (Å²) in [7, 11) is 0. The maximum Gasteiger partial charge on any atom is 0.0659 e. The van der Waals surface area contributed by atoms with Gasteiger partial charge in [-0.2, -0.15) is 0 Å². The molecular formula is C11H12INS. The van der Waals surface area contributed by atoms with E-state index in [1.165, 1.54) is 27.7 Å². The summed E-state index contributed by atoms with van der Waals surface area (Å²) in [4.78, 5) is 1.55. The summed E-state index contributed by atoms with van der Waals surface area (Å²) < 4.78 is 1.39. The van der Waals surface area contributed by atoms with Crippen molar-refractivity contribution in [3.8, 4) is 12.3 Å². The van der Waals surface area contributed by atoms with Crippen molar-refractivity contribution in [1.82, 2.24) is 5.32 Å². The number of hydrogen-bond donors (Lipinski definition) is 1. The van der Waals surface area contributed by atoms with Crippen LogP contribution in [0.25, 0.3) is 0 Å². The second-order valence-corrected chi connectivity index (χ2v) is 6.49. The summed E-state index contributed by atoms with van der Waals surface area (Å²) in [6.45, 7) is 0.677. The van der Waals surface area contributed by atoms with Gasteiger partial charge >= 0.3 is 0 Å². The Kier molecular flexibility index (Phi) is 3.47. The highest BCUT2D eigenvalue weighted by Gasteiger charge is 2.21. The molecule has 0 spiro atoms. The van der Waals surface area contributed by atoms with Crippen LogP contribution in [-0.4, -0.2) is 6.54 Å². The van der Waals surface area contributed by atoms with Crippen LogP contribution >= 0.6 is 33.9 Å². The molecule has 0 aliphatic heterocycles. The van der Waals surface area contributed by atoms with Gasteiger partial charge in [-0.05, 0) is 53.5 Å². The molecule has 1 atom stereocenters. The molecule has 0 aromatic carbocycles. The van der Waals surface area contributed by atoms with E-state index >= 15 is 0 Å². The molecule has 1 aromatic rings. The van der Waals surface area contributed by atoms with Crippen molar-refractivity contribution >= 4 is 33.9 Å². The van der Waals surface area contributed by atoms with Crippen LogP contribution in [0, 0.1) is 15.2 Å². The van der Waals surface area contributed by atoms with Gasteiger partial charge in [0.2, 0.25) is 0 Å². The van der Waals surface area contributed by atoms with Gasteiger partial charge in [0.1, 0.15) is 0 Å². The highest BCUT2D eigenvalue weighted by Crippen LogP contribution is 2.36. The van der Waals surface area contributed by atoms with Crippen molar-refractivity contribution < 1.29 is 0 Å². The SMILES string of the molecule is C#CCNC1CCCc2sc(I)cc21. The molecule has 1 aliphatic carbocycles. The summed E-state index contributed by atoms with van der Waals surface area (Å²) in [6.07, 6.45) is 9.01. The number of aryl methyl sites for hydroxylation is 1. The van der Waals surface area contributed by atoms with Crippen LogP contribution in [0.5, 0.6) is 0 Å². The molecule has 3 heteroatoms. The molecule has 0 fully saturated rings. The molecule has 2 rings (SSSR count). The minimum absolute atomic E-state index is 0.495. The number of rotatable bonds is 2. The van der Waals surface area contributed by atoms with Crippen molar-refractivity contribution in [2.24, 2.45) is 0 Å². The summed E-state index contributed by atoms with van der Waals surface area (Å²) in [5.41, 5.74) is 1.49. The van der Waals surface area contributed by atoms with E-state index in [-0.39, 0.29) is 0 Å². The zero-order valence-corrected chi connectivity index (χ0v) is 10.8. The molecule has 0 saturated heterocycles. The molecule has 0 amide bonds. The van der Waals surface area contributed by atoms with Crippen LogP contribution in [0.15, 0.2) is 6.07 Å². The third kappa shape index (κ3) is 2.13. The van der Waals surface area contributed by atoms with Crippen LogP contribution in [0.2, 0.25) is 0 Å². The fourth-order valence-electron chi connectivity index (χ4n) is 1.92. The Morgan fingerprint density at radius 1 is 1.71 bits per heavy atom. The number of nitrogens with one attached hydrogen (secondary N) is 1. The predicted molar refractivity (Wildman–Crippen MR) is 69.6 cm³/mol. The molecule has 0 saturated carbocycles. The lowest BCUT2D eigenvalue weighted by Gasteiger charge is -2.22. The Labute approximate surface area is 102 Å². The topological polar surface area (TPSA) is 12.0 Å². The first kappa shape index (κ1) is 10.5. The van der Waals surface area contributed by atoms with Gasteiger partial charge in [-0.1, -0.05) is 5.92 Å². The maximum absolute atomic E-state index is 5.26. The van der Waals surface area contributed by atoms with Crippen molar-refractivity contribution in [3.05, 3.63) is 19.4 Å². The van der Waals surface area contributed by atoms with Gasteiger partial charge in [0.05, 0.1) is 9.43 Å². The van der Waals surface area contributed by atoms with Gasteiger partial charge < -0.3 is 0 Å². The number of halogens is 1. The molecule has 1 nitrogen and oxygen atoms in total. The highest BCUT2D eigenvalue weighted by atomic mass is 127. The number of terminal acetylenes is 1. The maximum atomic E-state index is 5.26. The normalized spacial score (nSPS) is 20.1. The Morgan fingerprint density at radius 3 is 3.36 bits per heavy atom. The molecule has 0 radical (unpaired) electrons. The van der Waals surface area contributed by atoms with Gasteiger partial charge in [-0.25, -0.2) is 0 Å². The molecule has 1 aliphatic rings. The third-order valence-corrected chi connectivity index (χ3v) is 4.51. The number of thiophene rings is 1. The Bertz CT molecular complexity index is 364.